The molecule has 0 fully saturated rings. The van der Waals surface area contributed by atoms with Crippen LogP contribution in [0.15, 0.2) is 48.9 Å². The Kier molecular flexibility index (Phi) is 5.49. The highest BCUT2D eigenvalue weighted by molar-refractivity contribution is 6.31. The fourth-order valence-electron chi connectivity index (χ4n) is 4.09. The molecular formula is C24H23ClN6O. The Labute approximate surface area is 191 Å². The van der Waals surface area contributed by atoms with Crippen molar-refractivity contribution in [1.82, 2.24) is 29.3 Å². The molecule has 0 saturated carbocycles. The fourth-order valence-corrected chi connectivity index (χ4v) is 4.36. The number of rotatable bonds is 5. The topological polar surface area (TPSA) is 70.7 Å². The van der Waals surface area contributed by atoms with E-state index in [1.165, 1.54) is 0 Å². The molecule has 0 aliphatic carbocycles. The van der Waals surface area contributed by atoms with Crippen molar-refractivity contribution in [2.45, 2.75) is 32.2 Å². The number of aryl methyl sites for hydroxylation is 2. The van der Waals surface area contributed by atoms with Crippen LogP contribution in [0.3, 0.4) is 0 Å². The number of halogens is 1. The lowest BCUT2D eigenvalue weighted by molar-refractivity contribution is 0.395. The lowest BCUT2D eigenvalue weighted by Gasteiger charge is -2.23. The number of aromatic nitrogens is 6. The molecule has 0 amide bonds. The molecule has 1 aliphatic heterocycles. The van der Waals surface area contributed by atoms with Gasteiger partial charge < -0.3 is 9.30 Å². The molecule has 0 saturated heterocycles. The summed E-state index contributed by atoms with van der Waals surface area (Å²) in [6, 6.07) is 11.9. The normalized spacial score (nSPS) is 15.8. The summed E-state index contributed by atoms with van der Waals surface area (Å²) in [5.74, 6) is 2.30. The van der Waals surface area contributed by atoms with Crippen molar-refractivity contribution in [2.24, 2.45) is 0 Å². The van der Waals surface area contributed by atoms with Crippen LogP contribution in [0, 0.1) is 6.92 Å². The van der Waals surface area contributed by atoms with Crippen molar-refractivity contribution in [3.05, 3.63) is 82.5 Å². The summed E-state index contributed by atoms with van der Waals surface area (Å²) in [6.07, 6.45) is 9.53. The van der Waals surface area contributed by atoms with Crippen LogP contribution < -0.4 is 4.74 Å². The molecule has 1 aliphatic rings. The Morgan fingerprint density at radius 3 is 2.78 bits per heavy atom. The lowest BCUT2D eigenvalue weighted by atomic mass is 9.91. The highest BCUT2D eigenvalue weighted by Gasteiger charge is 2.26. The van der Waals surface area contributed by atoms with E-state index < -0.39 is 0 Å². The van der Waals surface area contributed by atoms with E-state index in [-0.39, 0.29) is 5.92 Å². The summed E-state index contributed by atoms with van der Waals surface area (Å²) in [6.45, 7) is 2.81. The van der Waals surface area contributed by atoms with E-state index in [4.69, 9.17) is 21.3 Å². The number of benzene rings is 1. The molecule has 1 atom stereocenters. The lowest BCUT2D eigenvalue weighted by Crippen LogP contribution is -2.18. The minimum Gasteiger partial charge on any atom is -0.479 e. The number of nitrogens with zero attached hydrogens (tertiary/aromatic N) is 6. The summed E-state index contributed by atoms with van der Waals surface area (Å²) in [7, 11) is 1.61. The van der Waals surface area contributed by atoms with Gasteiger partial charge in [-0.25, -0.2) is 19.6 Å². The highest BCUT2D eigenvalue weighted by Crippen LogP contribution is 2.35. The van der Waals surface area contributed by atoms with Crippen LogP contribution in [-0.4, -0.2) is 36.4 Å². The third-order valence-electron chi connectivity index (χ3n) is 5.62. The maximum Gasteiger partial charge on any atom is 0.238 e. The van der Waals surface area contributed by atoms with Gasteiger partial charge in [-0.2, -0.15) is 5.10 Å². The highest BCUT2D eigenvalue weighted by atomic mass is 35.5. The molecule has 7 nitrogen and oxygen atoms in total. The first-order valence-corrected chi connectivity index (χ1v) is 10.9. The molecule has 3 aromatic heterocycles. The first-order chi connectivity index (χ1) is 15.6. The molecule has 4 heterocycles. The second-order valence-electron chi connectivity index (χ2n) is 7.79. The van der Waals surface area contributed by atoms with Gasteiger partial charge in [-0.05, 0) is 55.7 Å². The summed E-state index contributed by atoms with van der Waals surface area (Å²) >= 11 is 6.46. The SMILES string of the molecule is COc1nc(C=Cc2nc3n(n2)CCCC3c2ccccc2Cl)ccc1-n1cnc(C)c1. The first-order valence-electron chi connectivity index (χ1n) is 10.6. The molecule has 1 unspecified atom stereocenters. The molecular weight excluding hydrogens is 424 g/mol. The van der Waals surface area contributed by atoms with E-state index in [2.05, 4.69) is 21.1 Å². The van der Waals surface area contributed by atoms with Crippen LogP contribution >= 0.6 is 11.6 Å². The van der Waals surface area contributed by atoms with Crippen molar-refractivity contribution in [3.8, 4) is 11.6 Å². The molecule has 0 spiro atoms. The number of fused-ring (bicyclic) bond motifs is 1. The number of ether oxygens (including phenoxy) is 1. The molecule has 0 bridgehead atoms. The van der Waals surface area contributed by atoms with Gasteiger partial charge in [0.2, 0.25) is 5.88 Å². The Morgan fingerprint density at radius 2 is 2.00 bits per heavy atom. The third-order valence-corrected chi connectivity index (χ3v) is 5.96. The summed E-state index contributed by atoms with van der Waals surface area (Å²) in [5, 5.41) is 5.46. The Bertz CT molecular complexity index is 1290. The number of pyridine rings is 1. The number of hydrogen-bond acceptors (Lipinski definition) is 5. The number of hydrogen-bond donors (Lipinski definition) is 0. The van der Waals surface area contributed by atoms with E-state index in [9.17, 15) is 0 Å². The van der Waals surface area contributed by atoms with E-state index in [1.807, 2.05) is 64.9 Å². The minimum absolute atomic E-state index is 0.156. The Morgan fingerprint density at radius 1 is 1.12 bits per heavy atom. The van der Waals surface area contributed by atoms with E-state index >= 15 is 0 Å². The molecule has 4 aromatic rings. The molecule has 162 valence electrons. The van der Waals surface area contributed by atoms with Gasteiger partial charge in [-0.3, -0.25) is 0 Å². The van der Waals surface area contributed by atoms with Crippen LogP contribution in [0.4, 0.5) is 0 Å². The summed E-state index contributed by atoms with van der Waals surface area (Å²) in [5.41, 5.74) is 3.64. The third kappa shape index (κ3) is 3.91. The first kappa shape index (κ1) is 20.5. The van der Waals surface area contributed by atoms with Gasteiger partial charge >= 0.3 is 0 Å². The standard InChI is InChI=1S/C24H23ClN6O/c1-16-14-30(15-26-16)21-11-9-17(27-24(21)32-2)10-12-22-28-23-19(7-5-13-31(23)29-22)18-6-3-4-8-20(18)25/h3-4,6,8-12,14-15,19H,5,7,13H2,1-2H3. The van der Waals surface area contributed by atoms with Gasteiger partial charge in [0.05, 0.1) is 24.8 Å². The predicted octanol–water partition coefficient (Wildman–Crippen LogP) is 4.93. The van der Waals surface area contributed by atoms with E-state index in [0.717, 1.165) is 52.9 Å². The van der Waals surface area contributed by atoms with Crippen LogP contribution in [0.5, 0.6) is 5.88 Å². The molecule has 0 N–H and O–H groups in total. The minimum atomic E-state index is 0.156. The zero-order valence-electron chi connectivity index (χ0n) is 17.9. The van der Waals surface area contributed by atoms with Gasteiger partial charge in [-0.1, -0.05) is 29.8 Å². The number of methoxy groups -OCH3 is 1. The second kappa shape index (κ2) is 8.59. The van der Waals surface area contributed by atoms with Crippen molar-refractivity contribution < 1.29 is 4.74 Å². The van der Waals surface area contributed by atoms with Crippen LogP contribution in [-0.2, 0) is 6.54 Å². The van der Waals surface area contributed by atoms with Crippen molar-refractivity contribution >= 4 is 23.8 Å². The second-order valence-corrected chi connectivity index (χ2v) is 8.20. The smallest absolute Gasteiger partial charge is 0.238 e. The molecule has 0 radical (unpaired) electrons. The summed E-state index contributed by atoms with van der Waals surface area (Å²) < 4.78 is 9.39. The zero-order valence-corrected chi connectivity index (χ0v) is 18.7. The van der Waals surface area contributed by atoms with Crippen molar-refractivity contribution in [2.75, 3.05) is 7.11 Å². The van der Waals surface area contributed by atoms with E-state index in [0.29, 0.717) is 11.7 Å². The monoisotopic (exact) mass is 446 g/mol. The van der Waals surface area contributed by atoms with Crippen molar-refractivity contribution in [3.63, 3.8) is 0 Å². The molecule has 5 rings (SSSR count). The van der Waals surface area contributed by atoms with Gasteiger partial charge in [0.1, 0.15) is 11.5 Å². The molecule has 32 heavy (non-hydrogen) atoms. The largest absolute Gasteiger partial charge is 0.479 e. The maximum atomic E-state index is 6.46. The maximum absolute atomic E-state index is 6.46. The van der Waals surface area contributed by atoms with Crippen molar-refractivity contribution in [1.29, 1.82) is 0 Å². The molecule has 8 heteroatoms. The summed E-state index contributed by atoms with van der Waals surface area (Å²) in [4.78, 5) is 13.7. The molecule has 1 aromatic carbocycles. The van der Waals surface area contributed by atoms with Gasteiger partial charge in [0.15, 0.2) is 5.82 Å². The van der Waals surface area contributed by atoms with Crippen LogP contribution in [0.2, 0.25) is 5.02 Å². The van der Waals surface area contributed by atoms with Gasteiger partial charge in [0.25, 0.3) is 0 Å². The average molecular weight is 447 g/mol. The van der Waals surface area contributed by atoms with E-state index in [1.54, 1.807) is 13.4 Å². The predicted molar refractivity (Wildman–Crippen MR) is 124 cm³/mol. The Hall–Kier alpha value is -3.45. The Balaban J connectivity index is 1.42. The average Bonchev–Trinajstić information content (AvgIpc) is 3.43. The number of imidazole rings is 1. The zero-order chi connectivity index (χ0) is 22.1. The van der Waals surface area contributed by atoms with Gasteiger partial charge in [0, 0.05) is 23.7 Å². The quantitative estimate of drug-likeness (QED) is 0.435. The van der Waals surface area contributed by atoms with Crippen LogP contribution in [0.1, 0.15) is 47.4 Å². The van der Waals surface area contributed by atoms with Gasteiger partial charge in [-0.15, -0.1) is 0 Å². The fraction of sp³-hybridized carbons (Fsp3) is 0.250. The van der Waals surface area contributed by atoms with Crippen LogP contribution in [0.25, 0.3) is 17.8 Å².